The van der Waals surface area contributed by atoms with Crippen molar-refractivity contribution in [3.8, 4) is 0 Å². The van der Waals surface area contributed by atoms with Gasteiger partial charge in [-0.1, -0.05) is 33.1 Å². The number of alkyl halides is 4. The third-order valence-corrected chi connectivity index (χ3v) is 10.3. The standard InChI is InChI=1S/C21H31Cl2N3O2.C19H28Cl2N4O2.CH4.H3NO/c1-3-28-21(27)9-7-5-4-6-8-20-24-18-16-17(10-11-19(18)25(20)2)26(14-12-22)15-13-23;1-24-17-9-8-15(25(12-10-20)13-11-21)14-16(17)22-18(24)6-4-2-3-5-7-19(26)23-27;;1-2/h10-11,16H,3-9,12-15H2,1-2H3;8-9,14,27H,2-7,10-13H2,1H3,(H,23,26);1H4;2H,1H2. The van der Waals surface area contributed by atoms with Crippen LogP contribution in [-0.2, 0) is 41.3 Å². The van der Waals surface area contributed by atoms with Gasteiger partial charge in [-0.15, -0.1) is 46.4 Å². The second kappa shape index (κ2) is 30.9. The Morgan fingerprint density at radius 2 is 1.09 bits per heavy atom. The van der Waals surface area contributed by atoms with Crippen LogP contribution in [-0.4, -0.2) is 97.7 Å². The van der Waals surface area contributed by atoms with Gasteiger partial charge in [-0.25, -0.2) is 21.3 Å². The van der Waals surface area contributed by atoms with Gasteiger partial charge in [-0.05, 0) is 69.0 Å². The summed E-state index contributed by atoms with van der Waals surface area (Å²) in [6, 6.07) is 12.7. The summed E-state index contributed by atoms with van der Waals surface area (Å²) in [7, 11) is 4.12. The van der Waals surface area contributed by atoms with Crippen LogP contribution in [0, 0.1) is 0 Å². The molecule has 328 valence electrons. The van der Waals surface area contributed by atoms with E-state index in [1.807, 2.05) is 14.0 Å². The fraction of sp³-hybridized carbons (Fsp3) is 0.610. The van der Waals surface area contributed by atoms with E-state index in [-0.39, 0.29) is 19.3 Å². The van der Waals surface area contributed by atoms with Gasteiger partial charge in [0, 0.05) is 101 Å². The van der Waals surface area contributed by atoms with Crippen LogP contribution in [0.3, 0.4) is 0 Å². The van der Waals surface area contributed by atoms with Gasteiger partial charge >= 0.3 is 5.97 Å². The molecule has 58 heavy (non-hydrogen) atoms. The first-order valence-electron chi connectivity index (χ1n) is 19.7. The average molecular weight is 893 g/mol. The number of nitrogens with one attached hydrogen (secondary N) is 1. The van der Waals surface area contributed by atoms with Crippen LogP contribution in [0.25, 0.3) is 22.1 Å². The molecule has 0 unspecified atom stereocenters. The van der Waals surface area contributed by atoms with Gasteiger partial charge < -0.3 is 28.9 Å². The third-order valence-electron chi connectivity index (χ3n) is 9.58. The average Bonchev–Trinajstić information content (AvgIpc) is 3.71. The second-order valence-corrected chi connectivity index (χ2v) is 14.9. The number of carbonyl (C=O) groups is 2. The molecule has 0 aliphatic carbocycles. The van der Waals surface area contributed by atoms with Gasteiger partial charge in [-0.2, -0.15) is 0 Å². The number of aryl methyl sites for hydroxylation is 4. The summed E-state index contributed by atoms with van der Waals surface area (Å²) in [5.74, 6) is 7.50. The molecule has 5 N–H and O–H groups in total. The summed E-state index contributed by atoms with van der Waals surface area (Å²) >= 11 is 23.7. The van der Waals surface area contributed by atoms with Crippen LogP contribution in [0.15, 0.2) is 36.4 Å². The highest BCUT2D eigenvalue weighted by molar-refractivity contribution is 6.19. The van der Waals surface area contributed by atoms with E-state index < -0.39 is 0 Å². The number of halogens is 4. The van der Waals surface area contributed by atoms with Crippen molar-refractivity contribution in [1.82, 2.24) is 24.6 Å². The van der Waals surface area contributed by atoms with Crippen molar-refractivity contribution in [3.63, 3.8) is 0 Å². The molecule has 0 atom stereocenters. The molecule has 0 radical (unpaired) electrons. The number of hydrogen-bond donors (Lipinski definition) is 4. The predicted octanol–water partition coefficient (Wildman–Crippen LogP) is 8.74. The van der Waals surface area contributed by atoms with Gasteiger partial charge in [0.25, 0.3) is 0 Å². The van der Waals surface area contributed by atoms with Crippen LogP contribution >= 0.6 is 46.4 Å². The molecule has 13 nitrogen and oxygen atoms in total. The Morgan fingerprint density at radius 1 is 0.690 bits per heavy atom. The molecule has 17 heteroatoms. The number of imidazole rings is 2. The monoisotopic (exact) mass is 890 g/mol. The van der Waals surface area contributed by atoms with Gasteiger partial charge in [0.15, 0.2) is 0 Å². The topological polar surface area (TPSA) is 164 Å². The summed E-state index contributed by atoms with van der Waals surface area (Å²) in [6.07, 6.45) is 10.6. The van der Waals surface area contributed by atoms with Crippen molar-refractivity contribution in [3.05, 3.63) is 48.0 Å². The number of nitrogens with two attached hydrogens (primary N) is 1. The minimum absolute atomic E-state index is 0. The lowest BCUT2D eigenvalue weighted by Crippen LogP contribution is -2.27. The number of hydroxylamine groups is 1. The summed E-state index contributed by atoms with van der Waals surface area (Å²) in [4.78, 5) is 36.3. The molecule has 0 spiro atoms. The lowest BCUT2D eigenvalue weighted by Gasteiger charge is -2.22. The molecule has 0 saturated heterocycles. The maximum Gasteiger partial charge on any atom is 0.305 e. The van der Waals surface area contributed by atoms with E-state index in [9.17, 15) is 9.59 Å². The maximum atomic E-state index is 11.3. The highest BCUT2D eigenvalue weighted by Gasteiger charge is 2.13. The summed E-state index contributed by atoms with van der Waals surface area (Å²) < 4.78 is 9.27. The summed E-state index contributed by atoms with van der Waals surface area (Å²) in [5.41, 5.74) is 8.11. The van der Waals surface area contributed by atoms with Gasteiger partial charge in [0.2, 0.25) is 5.91 Å². The quantitative estimate of drug-likeness (QED) is 0.0166. The number of carbonyl (C=O) groups excluding carboxylic acids is 2. The number of rotatable bonds is 25. The zero-order chi connectivity index (χ0) is 42.0. The zero-order valence-corrected chi connectivity index (χ0v) is 36.7. The zero-order valence-electron chi connectivity index (χ0n) is 33.7. The number of benzene rings is 2. The van der Waals surface area contributed by atoms with Crippen molar-refractivity contribution in [1.29, 1.82) is 0 Å². The Bertz CT molecular complexity index is 1730. The van der Waals surface area contributed by atoms with Crippen LogP contribution in [0.4, 0.5) is 11.4 Å². The molecule has 4 rings (SSSR count). The minimum atomic E-state index is -0.321. The molecule has 0 saturated carbocycles. The van der Waals surface area contributed by atoms with Crippen LogP contribution < -0.4 is 21.2 Å². The molecule has 0 aliphatic rings. The van der Waals surface area contributed by atoms with Crippen molar-refractivity contribution in [2.45, 2.75) is 91.4 Å². The van der Waals surface area contributed by atoms with E-state index in [0.717, 1.165) is 135 Å². The van der Waals surface area contributed by atoms with E-state index in [1.165, 1.54) is 0 Å². The molecular formula is C41H66Cl4N8O5. The number of anilines is 2. The second-order valence-electron chi connectivity index (χ2n) is 13.4. The summed E-state index contributed by atoms with van der Waals surface area (Å²) in [5, 5.41) is 15.0. The molecular weight excluding hydrogens is 826 g/mol. The normalized spacial score (nSPS) is 10.7. The first kappa shape index (κ1) is 53.0. The maximum absolute atomic E-state index is 11.3. The van der Waals surface area contributed by atoms with Crippen LogP contribution in [0.1, 0.15) is 90.2 Å². The number of fused-ring (bicyclic) bond motifs is 2. The first-order chi connectivity index (χ1) is 27.7. The SMILES string of the molecule is C.CCOC(=O)CCCCCCc1nc2cc(N(CCCl)CCCl)ccc2n1C.Cn1c(CCCCCCC(=O)NO)nc2cc(N(CCCl)CCCl)ccc21.NO. The Labute approximate surface area is 365 Å². The minimum Gasteiger partial charge on any atom is -0.466 e. The van der Waals surface area contributed by atoms with E-state index in [4.69, 9.17) is 71.5 Å². The fourth-order valence-electron chi connectivity index (χ4n) is 6.58. The van der Waals surface area contributed by atoms with Crippen molar-refractivity contribution >= 4 is 91.7 Å². The Morgan fingerprint density at radius 3 is 1.47 bits per heavy atom. The molecule has 0 fully saturated rings. The number of ether oxygens (including phenoxy) is 1. The summed E-state index contributed by atoms with van der Waals surface area (Å²) in [6.45, 7) is 5.35. The van der Waals surface area contributed by atoms with Gasteiger partial charge in [-0.3, -0.25) is 14.8 Å². The Hall–Kier alpha value is -3.04. The van der Waals surface area contributed by atoms with Crippen molar-refractivity contribution in [2.24, 2.45) is 20.0 Å². The lowest BCUT2D eigenvalue weighted by atomic mass is 10.1. The van der Waals surface area contributed by atoms with Gasteiger partial charge in [0.1, 0.15) is 11.6 Å². The highest BCUT2D eigenvalue weighted by Crippen LogP contribution is 2.25. The number of esters is 1. The van der Waals surface area contributed by atoms with Crippen molar-refractivity contribution < 1.29 is 24.7 Å². The number of amides is 1. The lowest BCUT2D eigenvalue weighted by molar-refractivity contribution is -0.143. The van der Waals surface area contributed by atoms with E-state index in [2.05, 4.69) is 68.3 Å². The van der Waals surface area contributed by atoms with E-state index in [1.54, 1.807) is 5.48 Å². The number of aromatic nitrogens is 4. The number of unbranched alkanes of at least 4 members (excludes halogenated alkanes) is 6. The van der Waals surface area contributed by atoms with Crippen LogP contribution in [0.2, 0.25) is 0 Å². The highest BCUT2D eigenvalue weighted by atomic mass is 35.5. The largest absolute Gasteiger partial charge is 0.466 e. The smallest absolute Gasteiger partial charge is 0.305 e. The van der Waals surface area contributed by atoms with E-state index in [0.29, 0.717) is 43.0 Å². The molecule has 2 aromatic heterocycles. The molecule has 0 aliphatic heterocycles. The first-order valence-corrected chi connectivity index (χ1v) is 21.8. The molecule has 2 aromatic carbocycles. The Balaban J connectivity index is 0.000000547. The Kier molecular flexibility index (Phi) is 28.2. The number of hydrogen-bond acceptors (Lipinski definition) is 10. The molecule has 2 heterocycles. The van der Waals surface area contributed by atoms with Gasteiger partial charge in [0.05, 0.1) is 28.7 Å². The number of nitrogens with zero attached hydrogens (tertiary/aromatic N) is 6. The van der Waals surface area contributed by atoms with Crippen molar-refractivity contribution in [2.75, 3.05) is 66.1 Å². The fourth-order valence-corrected chi connectivity index (χ4v) is 7.40. The van der Waals surface area contributed by atoms with E-state index >= 15 is 0 Å². The molecule has 0 bridgehead atoms. The predicted molar refractivity (Wildman–Crippen MR) is 242 cm³/mol. The molecule has 1 amide bonds. The third kappa shape index (κ3) is 17.7. The molecule has 4 aromatic rings. The van der Waals surface area contributed by atoms with Crippen LogP contribution in [0.5, 0.6) is 0 Å².